The van der Waals surface area contributed by atoms with Crippen LogP contribution in [0.15, 0.2) is 73.1 Å². The van der Waals surface area contributed by atoms with Gasteiger partial charge in [0.05, 0.1) is 0 Å². The van der Waals surface area contributed by atoms with E-state index in [-0.39, 0.29) is 12.5 Å². The van der Waals surface area contributed by atoms with Crippen LogP contribution >= 0.6 is 0 Å². The lowest BCUT2D eigenvalue weighted by molar-refractivity contribution is -0.139. The molecule has 0 spiro atoms. The number of carbonyl (C=O) groups excluding carboxylic acids is 2. The molecule has 1 saturated heterocycles. The van der Waals surface area contributed by atoms with Gasteiger partial charge in [-0.3, -0.25) is 4.79 Å². The molecule has 0 unspecified atom stereocenters. The first-order valence-electron chi connectivity index (χ1n) is 9.98. The number of hydrogen-bond acceptors (Lipinski definition) is 4. The minimum atomic E-state index is -0.428. The number of rotatable bonds is 7. The molecule has 1 aliphatic rings. The predicted molar refractivity (Wildman–Crippen MR) is 115 cm³/mol. The van der Waals surface area contributed by atoms with E-state index in [1.807, 2.05) is 65.4 Å². The second kappa shape index (κ2) is 9.22. The summed E-state index contributed by atoms with van der Waals surface area (Å²) in [5.41, 5.74) is 2.91. The fourth-order valence-corrected chi connectivity index (χ4v) is 3.44. The van der Waals surface area contributed by atoms with E-state index in [9.17, 15) is 9.59 Å². The first kappa shape index (κ1) is 19.6. The molecule has 0 bridgehead atoms. The first-order valence-corrected chi connectivity index (χ1v) is 9.98. The van der Waals surface area contributed by atoms with Crippen LogP contribution in [0.4, 0.5) is 5.69 Å². The molecule has 4 rings (SSSR count). The number of benzene rings is 2. The lowest BCUT2D eigenvalue weighted by Gasteiger charge is -2.15. The summed E-state index contributed by atoms with van der Waals surface area (Å²) in [5, 5.41) is 0. The van der Waals surface area contributed by atoms with Gasteiger partial charge in [0.15, 0.2) is 0 Å². The van der Waals surface area contributed by atoms with Crippen LogP contribution in [-0.2, 0) is 27.5 Å². The van der Waals surface area contributed by atoms with Gasteiger partial charge < -0.3 is 14.2 Å². The molecule has 0 radical (unpaired) electrons. The minimum absolute atomic E-state index is 0.110. The molecule has 6 nitrogen and oxygen atoms in total. The zero-order valence-corrected chi connectivity index (χ0v) is 16.6. The summed E-state index contributed by atoms with van der Waals surface area (Å²) in [5.74, 6) is 0.427. The molecule has 2 aromatic carbocycles. The maximum Gasteiger partial charge on any atom is 0.331 e. The topological polar surface area (TPSA) is 64.4 Å². The van der Waals surface area contributed by atoms with Crippen LogP contribution in [0, 0.1) is 0 Å². The van der Waals surface area contributed by atoms with Crippen LogP contribution in [0.2, 0.25) is 0 Å². The second-order valence-corrected chi connectivity index (χ2v) is 7.14. The van der Waals surface area contributed by atoms with E-state index in [0.29, 0.717) is 18.8 Å². The highest BCUT2D eigenvalue weighted by molar-refractivity contribution is 5.95. The molecule has 1 amide bonds. The van der Waals surface area contributed by atoms with Crippen molar-refractivity contribution in [2.24, 2.45) is 0 Å². The maximum atomic E-state index is 12.1. The van der Waals surface area contributed by atoms with E-state index in [1.165, 1.54) is 6.08 Å². The minimum Gasteiger partial charge on any atom is -0.454 e. The smallest absolute Gasteiger partial charge is 0.331 e. The number of anilines is 1. The Morgan fingerprint density at radius 3 is 2.63 bits per heavy atom. The van der Waals surface area contributed by atoms with E-state index in [0.717, 1.165) is 29.8 Å². The van der Waals surface area contributed by atoms with Crippen molar-refractivity contribution in [1.29, 1.82) is 0 Å². The van der Waals surface area contributed by atoms with Gasteiger partial charge in [-0.1, -0.05) is 42.5 Å². The van der Waals surface area contributed by atoms with Gasteiger partial charge in [-0.25, -0.2) is 9.78 Å². The Labute approximate surface area is 175 Å². The van der Waals surface area contributed by atoms with Gasteiger partial charge in [-0.05, 0) is 35.8 Å². The SMILES string of the molecule is O=C(C=Cc1ccc(N2CCCC2=O)cc1)OCc1nccn1Cc1ccccc1. The number of imidazole rings is 1. The molecule has 0 saturated carbocycles. The molecule has 0 N–H and O–H groups in total. The van der Waals surface area contributed by atoms with Crippen LogP contribution in [0.25, 0.3) is 6.08 Å². The van der Waals surface area contributed by atoms with Crippen molar-refractivity contribution in [2.45, 2.75) is 26.0 Å². The monoisotopic (exact) mass is 401 g/mol. The Morgan fingerprint density at radius 2 is 1.90 bits per heavy atom. The Bertz CT molecular complexity index is 1040. The van der Waals surface area contributed by atoms with E-state index in [1.54, 1.807) is 17.2 Å². The lowest BCUT2D eigenvalue weighted by atomic mass is 10.2. The number of esters is 1. The molecular formula is C24H23N3O3. The van der Waals surface area contributed by atoms with Crippen LogP contribution in [0.5, 0.6) is 0 Å². The molecular weight excluding hydrogens is 378 g/mol. The zero-order chi connectivity index (χ0) is 20.8. The van der Waals surface area contributed by atoms with Crippen LogP contribution < -0.4 is 4.90 Å². The number of hydrogen-bond donors (Lipinski definition) is 0. The Hall–Kier alpha value is -3.67. The zero-order valence-electron chi connectivity index (χ0n) is 16.6. The first-order chi connectivity index (χ1) is 14.7. The van der Waals surface area contributed by atoms with E-state index in [2.05, 4.69) is 4.98 Å². The molecule has 0 aliphatic carbocycles. The van der Waals surface area contributed by atoms with Gasteiger partial charge in [0.1, 0.15) is 12.4 Å². The largest absolute Gasteiger partial charge is 0.454 e. The second-order valence-electron chi connectivity index (χ2n) is 7.14. The lowest BCUT2D eigenvalue weighted by Crippen LogP contribution is -2.23. The summed E-state index contributed by atoms with van der Waals surface area (Å²) >= 11 is 0. The van der Waals surface area contributed by atoms with E-state index >= 15 is 0 Å². The highest BCUT2D eigenvalue weighted by Gasteiger charge is 2.21. The van der Waals surface area contributed by atoms with Gasteiger partial charge in [0, 0.05) is 43.7 Å². The molecule has 30 heavy (non-hydrogen) atoms. The van der Waals surface area contributed by atoms with Gasteiger partial charge in [-0.2, -0.15) is 0 Å². The van der Waals surface area contributed by atoms with Crippen molar-refractivity contribution in [1.82, 2.24) is 9.55 Å². The quantitative estimate of drug-likeness (QED) is 0.446. The number of amides is 1. The maximum absolute atomic E-state index is 12.1. The van der Waals surface area contributed by atoms with Crippen molar-refractivity contribution in [3.05, 3.63) is 90.0 Å². The molecule has 3 aromatic rings. The van der Waals surface area contributed by atoms with Crippen molar-refractivity contribution >= 4 is 23.6 Å². The molecule has 152 valence electrons. The highest BCUT2D eigenvalue weighted by Crippen LogP contribution is 2.21. The normalized spacial score (nSPS) is 13.9. The average Bonchev–Trinajstić information content (AvgIpc) is 3.40. The van der Waals surface area contributed by atoms with E-state index < -0.39 is 5.97 Å². The molecule has 2 heterocycles. The van der Waals surface area contributed by atoms with Crippen LogP contribution in [-0.4, -0.2) is 28.0 Å². The molecule has 6 heteroatoms. The molecule has 0 atom stereocenters. The third-order valence-corrected chi connectivity index (χ3v) is 5.03. The van der Waals surface area contributed by atoms with Crippen molar-refractivity contribution in [3.8, 4) is 0 Å². The predicted octanol–water partition coefficient (Wildman–Crippen LogP) is 3.81. The number of carbonyl (C=O) groups is 2. The molecule has 1 aromatic heterocycles. The summed E-state index contributed by atoms with van der Waals surface area (Å²) in [6.07, 6.45) is 8.19. The van der Waals surface area contributed by atoms with Crippen molar-refractivity contribution in [2.75, 3.05) is 11.4 Å². The van der Waals surface area contributed by atoms with Gasteiger partial charge in [0.2, 0.25) is 5.91 Å². The Morgan fingerprint density at radius 1 is 1.10 bits per heavy atom. The average molecular weight is 401 g/mol. The Kier molecular flexibility index (Phi) is 6.03. The fourth-order valence-electron chi connectivity index (χ4n) is 3.44. The Balaban J connectivity index is 1.30. The van der Waals surface area contributed by atoms with Gasteiger partial charge in [-0.15, -0.1) is 0 Å². The number of nitrogens with zero attached hydrogens (tertiary/aromatic N) is 3. The van der Waals surface area contributed by atoms with Crippen molar-refractivity contribution in [3.63, 3.8) is 0 Å². The van der Waals surface area contributed by atoms with Crippen molar-refractivity contribution < 1.29 is 14.3 Å². The fraction of sp³-hybridized carbons (Fsp3) is 0.208. The highest BCUT2D eigenvalue weighted by atomic mass is 16.5. The number of aromatic nitrogens is 2. The summed E-state index contributed by atoms with van der Waals surface area (Å²) in [7, 11) is 0. The number of ether oxygens (including phenoxy) is 1. The third kappa shape index (κ3) is 4.84. The summed E-state index contributed by atoms with van der Waals surface area (Å²) in [6.45, 7) is 1.55. The van der Waals surface area contributed by atoms with Crippen LogP contribution in [0.3, 0.4) is 0 Å². The standard InChI is InChI=1S/C24H23N3O3/c28-23-7-4-15-27(23)21-11-8-19(9-12-21)10-13-24(29)30-18-22-25-14-16-26(22)17-20-5-2-1-3-6-20/h1-3,5-6,8-14,16H,4,7,15,17-18H2. The van der Waals surface area contributed by atoms with Gasteiger partial charge in [0.25, 0.3) is 0 Å². The van der Waals surface area contributed by atoms with E-state index in [4.69, 9.17) is 4.74 Å². The van der Waals surface area contributed by atoms with Gasteiger partial charge >= 0.3 is 5.97 Å². The summed E-state index contributed by atoms with van der Waals surface area (Å²) in [6, 6.07) is 17.6. The summed E-state index contributed by atoms with van der Waals surface area (Å²) in [4.78, 5) is 30.0. The third-order valence-electron chi connectivity index (χ3n) is 5.03. The van der Waals surface area contributed by atoms with Crippen LogP contribution in [0.1, 0.15) is 29.8 Å². The molecule has 1 fully saturated rings. The summed E-state index contributed by atoms with van der Waals surface area (Å²) < 4.78 is 7.31. The molecule has 1 aliphatic heterocycles.